The Morgan fingerprint density at radius 3 is 2.21 bits per heavy atom. The Kier molecular flexibility index (Phi) is 3.55. The van der Waals surface area contributed by atoms with E-state index in [0.717, 1.165) is 11.3 Å². The summed E-state index contributed by atoms with van der Waals surface area (Å²) in [5.74, 6) is -0.458. The zero-order valence-corrected chi connectivity index (χ0v) is 12.2. The molecule has 0 radical (unpaired) electrons. The van der Waals surface area contributed by atoms with Gasteiger partial charge in [0.25, 0.3) is 10.0 Å². The summed E-state index contributed by atoms with van der Waals surface area (Å²) < 4.78 is 40.1. The molecule has 2 rings (SSSR count). The maximum atomic E-state index is 13.2. The average molecular weight is 301 g/mol. The smallest absolute Gasteiger partial charge is 0.253 e. The number of aromatic nitrogens is 2. The van der Waals surface area contributed by atoms with E-state index in [1.165, 1.54) is 12.1 Å². The zero-order chi connectivity index (χ0) is 14.2. The number of aryl methyl sites for hydroxylation is 3. The van der Waals surface area contributed by atoms with Crippen molar-refractivity contribution in [2.24, 2.45) is 0 Å². The van der Waals surface area contributed by atoms with Crippen LogP contribution in [0.2, 0.25) is 0 Å². The highest BCUT2D eigenvalue weighted by Crippen LogP contribution is 2.25. The average Bonchev–Trinajstić information content (AvgIpc) is 2.60. The van der Waals surface area contributed by atoms with E-state index >= 15 is 0 Å². The number of anilines is 1. The van der Waals surface area contributed by atoms with E-state index in [9.17, 15) is 12.8 Å². The second kappa shape index (κ2) is 4.86. The van der Waals surface area contributed by atoms with Crippen molar-refractivity contribution < 1.29 is 12.8 Å². The number of sulfonamides is 1. The minimum absolute atomic E-state index is 0.0711. The van der Waals surface area contributed by atoms with Crippen LogP contribution < -0.4 is 4.72 Å². The number of rotatable bonds is 3. The van der Waals surface area contributed by atoms with E-state index < -0.39 is 15.8 Å². The van der Waals surface area contributed by atoms with Crippen LogP contribution >= 0.6 is 11.3 Å². The molecule has 0 aliphatic heterocycles. The molecule has 1 N–H and O–H groups in total. The highest BCUT2D eigenvalue weighted by atomic mass is 32.2. The maximum absolute atomic E-state index is 13.2. The van der Waals surface area contributed by atoms with Gasteiger partial charge in [0.2, 0.25) is 5.13 Å². The van der Waals surface area contributed by atoms with Gasteiger partial charge in [0, 0.05) is 0 Å². The van der Waals surface area contributed by atoms with Gasteiger partial charge in [-0.25, -0.2) is 12.8 Å². The van der Waals surface area contributed by atoms with Gasteiger partial charge in [-0.15, -0.1) is 10.2 Å². The molecule has 0 atom stereocenters. The third-order valence-corrected chi connectivity index (χ3v) is 4.97. The van der Waals surface area contributed by atoms with Crippen LogP contribution in [0.4, 0.5) is 9.52 Å². The third kappa shape index (κ3) is 2.90. The molecule has 0 aliphatic rings. The fourth-order valence-electron chi connectivity index (χ4n) is 1.83. The predicted molar refractivity (Wildman–Crippen MR) is 71.3 cm³/mol. The van der Waals surface area contributed by atoms with Crippen molar-refractivity contribution in [2.75, 3.05) is 4.72 Å². The van der Waals surface area contributed by atoms with E-state index in [1.54, 1.807) is 20.8 Å². The van der Waals surface area contributed by atoms with Crippen LogP contribution in [-0.4, -0.2) is 18.6 Å². The van der Waals surface area contributed by atoms with E-state index in [4.69, 9.17) is 0 Å². The summed E-state index contributed by atoms with van der Waals surface area (Å²) in [6, 6.07) is 2.37. The lowest BCUT2D eigenvalue weighted by Crippen LogP contribution is -2.15. The van der Waals surface area contributed by atoms with Gasteiger partial charge < -0.3 is 0 Å². The monoisotopic (exact) mass is 301 g/mol. The van der Waals surface area contributed by atoms with Gasteiger partial charge >= 0.3 is 0 Å². The molecular formula is C11H12FN3O2S2. The van der Waals surface area contributed by atoms with Crippen LogP contribution in [0.3, 0.4) is 0 Å². The fraction of sp³-hybridized carbons (Fsp3) is 0.273. The molecule has 2 aromatic rings. The lowest BCUT2D eigenvalue weighted by Gasteiger charge is -2.11. The molecule has 0 bridgehead atoms. The molecule has 0 fully saturated rings. The Morgan fingerprint density at radius 2 is 1.74 bits per heavy atom. The molecule has 19 heavy (non-hydrogen) atoms. The zero-order valence-electron chi connectivity index (χ0n) is 10.6. The molecule has 0 aliphatic carbocycles. The van der Waals surface area contributed by atoms with Gasteiger partial charge in [-0.05, 0) is 44.0 Å². The second-order valence-corrected chi connectivity index (χ2v) is 6.90. The van der Waals surface area contributed by atoms with E-state index in [2.05, 4.69) is 14.9 Å². The fourth-order valence-corrected chi connectivity index (χ4v) is 4.10. The normalized spacial score (nSPS) is 11.6. The Hall–Kier alpha value is -1.54. The molecule has 0 unspecified atom stereocenters. The Labute approximate surface area is 114 Å². The van der Waals surface area contributed by atoms with E-state index in [-0.39, 0.29) is 10.0 Å². The van der Waals surface area contributed by atoms with Crippen molar-refractivity contribution in [2.45, 2.75) is 25.7 Å². The maximum Gasteiger partial charge on any atom is 0.264 e. The highest BCUT2D eigenvalue weighted by Gasteiger charge is 2.21. The standard InChI is InChI=1S/C11H12FN3O2S2/c1-6-4-9(12)5-7(2)10(6)19(16,17)15-11-14-13-8(3)18-11/h4-5H,1-3H3,(H,14,15). The largest absolute Gasteiger partial charge is 0.264 e. The molecule has 0 saturated carbocycles. The number of halogens is 1. The number of hydrogen-bond donors (Lipinski definition) is 1. The molecular weight excluding hydrogens is 289 g/mol. The Morgan fingerprint density at radius 1 is 1.16 bits per heavy atom. The van der Waals surface area contributed by atoms with Crippen LogP contribution in [0, 0.1) is 26.6 Å². The van der Waals surface area contributed by atoms with E-state index in [0.29, 0.717) is 16.1 Å². The first-order chi connectivity index (χ1) is 8.79. The van der Waals surface area contributed by atoms with Crippen molar-refractivity contribution in [1.82, 2.24) is 10.2 Å². The minimum atomic E-state index is -3.79. The lowest BCUT2D eigenvalue weighted by molar-refractivity contribution is 0.597. The second-order valence-electron chi connectivity index (χ2n) is 4.10. The molecule has 1 aromatic heterocycles. The molecule has 0 spiro atoms. The van der Waals surface area contributed by atoms with E-state index in [1.807, 2.05) is 0 Å². The molecule has 0 saturated heterocycles. The summed E-state index contributed by atoms with van der Waals surface area (Å²) >= 11 is 1.14. The predicted octanol–water partition coefficient (Wildman–Crippen LogP) is 2.40. The Bertz CT molecular complexity index is 702. The summed E-state index contributed by atoms with van der Waals surface area (Å²) in [7, 11) is -3.79. The molecule has 1 heterocycles. The summed E-state index contributed by atoms with van der Waals surface area (Å²) in [6.45, 7) is 4.83. The van der Waals surface area contributed by atoms with Crippen molar-refractivity contribution >= 4 is 26.5 Å². The third-order valence-electron chi connectivity index (χ3n) is 2.44. The number of hydrogen-bond acceptors (Lipinski definition) is 5. The summed E-state index contributed by atoms with van der Waals surface area (Å²) in [4.78, 5) is 0.0711. The van der Waals surface area contributed by atoms with Gasteiger partial charge in [0.15, 0.2) is 0 Å². The summed E-state index contributed by atoms with van der Waals surface area (Å²) in [6.07, 6.45) is 0. The first-order valence-electron chi connectivity index (χ1n) is 5.39. The first-order valence-corrected chi connectivity index (χ1v) is 7.69. The minimum Gasteiger partial charge on any atom is -0.253 e. The van der Waals surface area contributed by atoms with Crippen LogP contribution in [0.25, 0.3) is 0 Å². The van der Waals surface area contributed by atoms with Crippen molar-refractivity contribution in [3.05, 3.63) is 34.1 Å². The topological polar surface area (TPSA) is 72.0 Å². The van der Waals surface area contributed by atoms with Crippen molar-refractivity contribution in [3.63, 3.8) is 0 Å². The van der Waals surface area contributed by atoms with Gasteiger partial charge in [-0.2, -0.15) is 0 Å². The van der Waals surface area contributed by atoms with Crippen LogP contribution in [0.15, 0.2) is 17.0 Å². The van der Waals surface area contributed by atoms with Crippen molar-refractivity contribution in [3.8, 4) is 0 Å². The molecule has 5 nitrogen and oxygen atoms in total. The summed E-state index contributed by atoms with van der Waals surface area (Å²) in [5.41, 5.74) is 0.706. The van der Waals surface area contributed by atoms with Crippen LogP contribution in [0.1, 0.15) is 16.1 Å². The van der Waals surface area contributed by atoms with Gasteiger partial charge in [0.05, 0.1) is 4.90 Å². The van der Waals surface area contributed by atoms with Crippen LogP contribution in [0.5, 0.6) is 0 Å². The van der Waals surface area contributed by atoms with Gasteiger partial charge in [-0.1, -0.05) is 11.3 Å². The van der Waals surface area contributed by atoms with Crippen LogP contribution in [-0.2, 0) is 10.0 Å². The van der Waals surface area contributed by atoms with Gasteiger partial charge in [-0.3, -0.25) is 4.72 Å². The first kappa shape index (κ1) is 13.9. The summed E-state index contributed by atoms with van der Waals surface area (Å²) in [5, 5.41) is 8.30. The van der Waals surface area contributed by atoms with Gasteiger partial charge in [0.1, 0.15) is 10.8 Å². The van der Waals surface area contributed by atoms with Crippen molar-refractivity contribution in [1.29, 1.82) is 0 Å². The number of nitrogens with one attached hydrogen (secondary N) is 1. The molecule has 0 amide bonds. The molecule has 8 heteroatoms. The number of nitrogens with zero attached hydrogens (tertiary/aromatic N) is 2. The molecule has 1 aromatic carbocycles. The highest BCUT2D eigenvalue weighted by molar-refractivity contribution is 7.93. The quantitative estimate of drug-likeness (QED) is 0.945. The Balaban J connectivity index is 2.45. The lowest BCUT2D eigenvalue weighted by atomic mass is 10.1. The number of benzene rings is 1. The SMILES string of the molecule is Cc1nnc(NS(=O)(=O)c2c(C)cc(F)cc2C)s1. The molecule has 102 valence electrons.